The second-order valence-electron chi connectivity index (χ2n) is 7.56. The summed E-state index contributed by atoms with van der Waals surface area (Å²) in [5.74, 6) is 1.40. The van der Waals surface area contributed by atoms with Crippen LogP contribution in [0.2, 0.25) is 0 Å². The molecule has 4 heterocycles. The Morgan fingerprint density at radius 2 is 2.21 bits per heavy atom. The van der Waals surface area contributed by atoms with Crippen molar-refractivity contribution >= 4 is 33.3 Å². The summed E-state index contributed by atoms with van der Waals surface area (Å²) in [6, 6.07) is 1.93. The Morgan fingerprint density at radius 3 is 3.00 bits per heavy atom. The largest absolute Gasteiger partial charge is 0.376 e. The summed E-state index contributed by atoms with van der Waals surface area (Å²) in [6.07, 6.45) is 6.58. The number of fused-ring (bicyclic) bond motifs is 3. The summed E-state index contributed by atoms with van der Waals surface area (Å²) in [6.45, 7) is 3.26. The number of aryl methyl sites for hydroxylation is 3. The molecule has 5 rings (SSSR count). The Morgan fingerprint density at radius 1 is 1.32 bits per heavy atom. The molecule has 3 aromatic heterocycles. The van der Waals surface area contributed by atoms with Gasteiger partial charge in [0, 0.05) is 17.6 Å². The van der Waals surface area contributed by atoms with Gasteiger partial charge in [-0.3, -0.25) is 9.36 Å². The zero-order chi connectivity index (χ0) is 19.1. The summed E-state index contributed by atoms with van der Waals surface area (Å²) in [5, 5.41) is 5.55. The number of hydrogen-bond donors (Lipinski definition) is 0. The third-order valence-electron chi connectivity index (χ3n) is 5.47. The molecule has 0 saturated carbocycles. The molecule has 1 fully saturated rings. The highest BCUT2D eigenvalue weighted by Gasteiger charge is 2.25. The number of aromatic nitrogens is 3. The first-order valence-electron chi connectivity index (χ1n) is 9.91. The number of ether oxygens (including phenoxy) is 1. The second-order valence-corrected chi connectivity index (χ2v) is 9.59. The van der Waals surface area contributed by atoms with Gasteiger partial charge in [0.15, 0.2) is 5.16 Å². The minimum atomic E-state index is 0.0937. The van der Waals surface area contributed by atoms with E-state index < -0.39 is 0 Å². The lowest BCUT2D eigenvalue weighted by molar-refractivity contribution is 0.0937. The molecule has 0 amide bonds. The average molecular weight is 418 g/mol. The first-order valence-corrected chi connectivity index (χ1v) is 11.7. The Labute approximate surface area is 171 Å². The van der Waals surface area contributed by atoms with Crippen molar-refractivity contribution in [3.8, 4) is 0 Å². The van der Waals surface area contributed by atoms with Gasteiger partial charge in [0.1, 0.15) is 10.6 Å². The topological polar surface area (TPSA) is 70.2 Å². The van der Waals surface area contributed by atoms with E-state index in [9.17, 15) is 4.79 Å². The van der Waals surface area contributed by atoms with Crippen LogP contribution in [0.1, 0.15) is 47.6 Å². The minimum Gasteiger partial charge on any atom is -0.376 e. The van der Waals surface area contributed by atoms with Crippen LogP contribution in [0, 0.1) is 6.92 Å². The maximum absolute atomic E-state index is 13.5. The van der Waals surface area contributed by atoms with E-state index in [4.69, 9.17) is 14.2 Å². The van der Waals surface area contributed by atoms with Crippen LogP contribution in [-0.4, -0.2) is 27.4 Å². The molecule has 0 bridgehead atoms. The molecule has 28 heavy (non-hydrogen) atoms. The molecule has 0 aromatic carbocycles. The maximum Gasteiger partial charge on any atom is 0.263 e. The van der Waals surface area contributed by atoms with Crippen LogP contribution < -0.4 is 5.56 Å². The van der Waals surface area contributed by atoms with Crippen molar-refractivity contribution in [2.45, 2.75) is 69.0 Å². The standard InChI is InChI=1S/C20H23N3O3S2/c1-12-9-14(26-22-12)11-27-20-21-18-17(15-6-2-3-7-16(15)28-18)19(24)23(20)10-13-5-4-8-25-13/h9,13H,2-8,10-11H2,1H3/t13-/m0/s1. The highest BCUT2D eigenvalue weighted by atomic mass is 32.2. The summed E-state index contributed by atoms with van der Waals surface area (Å²) in [4.78, 5) is 20.7. The molecule has 1 aliphatic carbocycles. The number of rotatable bonds is 5. The Balaban J connectivity index is 1.56. The highest BCUT2D eigenvalue weighted by molar-refractivity contribution is 7.98. The van der Waals surface area contributed by atoms with E-state index in [1.165, 1.54) is 16.9 Å². The van der Waals surface area contributed by atoms with Gasteiger partial charge >= 0.3 is 0 Å². The minimum absolute atomic E-state index is 0.0937. The highest BCUT2D eigenvalue weighted by Crippen LogP contribution is 2.35. The van der Waals surface area contributed by atoms with Gasteiger partial charge in [0.2, 0.25) is 0 Å². The zero-order valence-electron chi connectivity index (χ0n) is 15.9. The molecule has 2 aliphatic rings. The Hall–Kier alpha value is -1.64. The van der Waals surface area contributed by atoms with Crippen molar-refractivity contribution in [3.63, 3.8) is 0 Å². The number of nitrogens with zero attached hydrogens (tertiary/aromatic N) is 3. The Kier molecular flexibility index (Phi) is 5.02. The molecule has 0 N–H and O–H groups in total. The van der Waals surface area contributed by atoms with Crippen molar-refractivity contribution in [3.05, 3.63) is 38.3 Å². The van der Waals surface area contributed by atoms with E-state index in [0.717, 1.165) is 65.5 Å². The van der Waals surface area contributed by atoms with Crippen LogP contribution in [0.15, 0.2) is 20.5 Å². The number of thioether (sulfide) groups is 1. The molecule has 0 radical (unpaired) electrons. The molecule has 148 valence electrons. The number of thiophene rings is 1. The molecule has 6 nitrogen and oxygen atoms in total. The zero-order valence-corrected chi connectivity index (χ0v) is 17.5. The van der Waals surface area contributed by atoms with Gasteiger partial charge in [0.25, 0.3) is 5.56 Å². The van der Waals surface area contributed by atoms with Gasteiger partial charge in [-0.05, 0) is 51.0 Å². The van der Waals surface area contributed by atoms with Crippen molar-refractivity contribution < 1.29 is 9.26 Å². The second kappa shape index (κ2) is 7.65. The summed E-state index contributed by atoms with van der Waals surface area (Å²) >= 11 is 3.24. The van der Waals surface area contributed by atoms with Gasteiger partial charge in [-0.15, -0.1) is 11.3 Å². The smallest absolute Gasteiger partial charge is 0.263 e. The lowest BCUT2D eigenvalue weighted by atomic mass is 9.97. The van der Waals surface area contributed by atoms with E-state index in [1.54, 1.807) is 23.1 Å². The molecule has 8 heteroatoms. The first-order chi connectivity index (χ1) is 13.7. The van der Waals surface area contributed by atoms with Crippen LogP contribution >= 0.6 is 23.1 Å². The molecule has 0 spiro atoms. The van der Waals surface area contributed by atoms with Gasteiger partial charge < -0.3 is 9.26 Å². The molecule has 1 atom stereocenters. The monoisotopic (exact) mass is 417 g/mol. The van der Waals surface area contributed by atoms with E-state index in [1.807, 2.05) is 17.6 Å². The van der Waals surface area contributed by atoms with Crippen molar-refractivity contribution in [2.75, 3.05) is 6.61 Å². The fourth-order valence-electron chi connectivity index (χ4n) is 4.10. The lowest BCUT2D eigenvalue weighted by Crippen LogP contribution is -2.29. The molecular weight excluding hydrogens is 394 g/mol. The van der Waals surface area contributed by atoms with Crippen LogP contribution in [-0.2, 0) is 29.9 Å². The molecular formula is C20H23N3O3S2. The van der Waals surface area contributed by atoms with Crippen LogP contribution in [0.5, 0.6) is 0 Å². The molecule has 1 aliphatic heterocycles. The van der Waals surface area contributed by atoms with Crippen LogP contribution in [0.25, 0.3) is 10.2 Å². The van der Waals surface area contributed by atoms with Crippen molar-refractivity contribution in [1.82, 2.24) is 14.7 Å². The normalized spacial score (nSPS) is 19.4. The molecule has 1 saturated heterocycles. The lowest BCUT2D eigenvalue weighted by Gasteiger charge is -2.16. The third kappa shape index (κ3) is 3.42. The third-order valence-corrected chi connectivity index (χ3v) is 7.65. The van der Waals surface area contributed by atoms with Gasteiger partial charge in [-0.2, -0.15) is 0 Å². The van der Waals surface area contributed by atoms with Crippen LogP contribution in [0.4, 0.5) is 0 Å². The predicted molar refractivity (Wildman–Crippen MR) is 110 cm³/mol. The summed E-state index contributed by atoms with van der Waals surface area (Å²) < 4.78 is 13.0. The number of hydrogen-bond acceptors (Lipinski definition) is 7. The fourth-order valence-corrected chi connectivity index (χ4v) is 6.29. The fraction of sp³-hybridized carbons (Fsp3) is 0.550. The van der Waals surface area contributed by atoms with E-state index in [0.29, 0.717) is 12.3 Å². The molecule has 0 unspecified atom stereocenters. The van der Waals surface area contributed by atoms with Gasteiger partial charge in [0.05, 0.1) is 29.5 Å². The van der Waals surface area contributed by atoms with E-state index in [-0.39, 0.29) is 11.7 Å². The SMILES string of the molecule is Cc1cc(CSc2nc3sc4c(c3c(=O)n2C[C@@H]2CCCO2)CCCC4)on1. The molecule has 3 aromatic rings. The average Bonchev–Trinajstić information content (AvgIpc) is 3.42. The summed E-state index contributed by atoms with van der Waals surface area (Å²) in [5.41, 5.74) is 2.20. The predicted octanol–water partition coefficient (Wildman–Crippen LogP) is 4.10. The van der Waals surface area contributed by atoms with Crippen LogP contribution in [0.3, 0.4) is 0 Å². The van der Waals surface area contributed by atoms with Crippen molar-refractivity contribution in [2.24, 2.45) is 0 Å². The van der Waals surface area contributed by atoms with Gasteiger partial charge in [-0.1, -0.05) is 16.9 Å². The van der Waals surface area contributed by atoms with E-state index in [2.05, 4.69) is 5.16 Å². The van der Waals surface area contributed by atoms with Crippen molar-refractivity contribution in [1.29, 1.82) is 0 Å². The van der Waals surface area contributed by atoms with Gasteiger partial charge in [-0.25, -0.2) is 4.98 Å². The summed E-state index contributed by atoms with van der Waals surface area (Å²) in [7, 11) is 0. The maximum atomic E-state index is 13.5. The first kappa shape index (κ1) is 18.4. The Bertz CT molecular complexity index is 1060. The van der Waals surface area contributed by atoms with E-state index >= 15 is 0 Å². The quantitative estimate of drug-likeness (QED) is 0.460.